The third kappa shape index (κ3) is 4.36. The zero-order valence-electron chi connectivity index (χ0n) is 23.9. The summed E-state index contributed by atoms with van der Waals surface area (Å²) in [7, 11) is 0. The molecule has 220 valence electrons. The van der Waals surface area contributed by atoms with E-state index in [-0.39, 0.29) is 59.8 Å². The highest BCUT2D eigenvalue weighted by Crippen LogP contribution is 2.46. The Morgan fingerprint density at radius 3 is 2.74 bits per heavy atom. The van der Waals surface area contributed by atoms with E-state index in [0.29, 0.717) is 40.9 Å². The number of hydrogen-bond donors (Lipinski definition) is 2. The number of cyclic esters (lactones) is 1. The van der Waals surface area contributed by atoms with Crippen molar-refractivity contribution in [2.45, 2.75) is 83.4 Å². The van der Waals surface area contributed by atoms with Crippen molar-refractivity contribution >= 4 is 40.3 Å². The molecule has 2 aliphatic heterocycles. The van der Waals surface area contributed by atoms with E-state index in [0.717, 1.165) is 16.5 Å². The van der Waals surface area contributed by atoms with Crippen LogP contribution < -0.4 is 10.9 Å². The number of aromatic nitrogens is 2. The first-order valence-corrected chi connectivity index (χ1v) is 15.2. The molecule has 0 unspecified atom stereocenters. The van der Waals surface area contributed by atoms with Crippen molar-refractivity contribution < 1.29 is 28.6 Å². The van der Waals surface area contributed by atoms with Crippen LogP contribution in [0.3, 0.4) is 0 Å². The topological polar surface area (TPSA) is 128 Å². The number of pyridine rings is 2. The summed E-state index contributed by atoms with van der Waals surface area (Å²) < 4.78 is 21.8. The minimum Gasteiger partial charge on any atom is -0.458 e. The van der Waals surface area contributed by atoms with Crippen LogP contribution in [0.15, 0.2) is 16.9 Å². The molecular weight excluding hydrogens is 561 g/mol. The van der Waals surface area contributed by atoms with E-state index in [2.05, 4.69) is 5.32 Å². The van der Waals surface area contributed by atoms with E-state index in [9.17, 15) is 24.3 Å². The monoisotopic (exact) mass is 593 g/mol. The number of ketones is 1. The third-order valence-corrected chi connectivity index (χ3v) is 9.80. The first-order chi connectivity index (χ1) is 19.9. The molecule has 9 nitrogen and oxygen atoms in total. The molecular formula is C31H32FN3O6S. The highest BCUT2D eigenvalue weighted by Gasteiger charge is 2.46. The number of aliphatic hydroxyl groups is 1. The van der Waals surface area contributed by atoms with Gasteiger partial charge in [-0.2, -0.15) is 11.8 Å². The molecule has 0 radical (unpaired) electrons. The Labute approximate surface area is 245 Å². The number of carbonyl (C=O) groups excluding carboxylic acids is 3. The number of Topliss-reactive ketones (excluding diaryl/α,β-unsaturated/α-hetero) is 1. The second-order valence-electron chi connectivity index (χ2n) is 11.5. The summed E-state index contributed by atoms with van der Waals surface area (Å²) >= 11 is 1.49. The molecule has 6 rings (SSSR count). The molecule has 0 spiro atoms. The second kappa shape index (κ2) is 10.3. The quantitative estimate of drug-likeness (QED) is 0.245. The summed E-state index contributed by atoms with van der Waals surface area (Å²) in [5.41, 5.74) is 2.08. The maximum atomic E-state index is 15.1. The highest BCUT2D eigenvalue weighted by atomic mass is 32.2. The number of nitrogens with zero attached hydrogens (tertiary/aromatic N) is 2. The Morgan fingerprint density at radius 1 is 1.26 bits per heavy atom. The van der Waals surface area contributed by atoms with Crippen molar-refractivity contribution in [1.29, 1.82) is 0 Å². The number of hydrogen-bond acceptors (Lipinski definition) is 8. The van der Waals surface area contributed by atoms with Crippen LogP contribution in [0.1, 0.15) is 79.5 Å². The van der Waals surface area contributed by atoms with Gasteiger partial charge in [-0.1, -0.05) is 20.8 Å². The van der Waals surface area contributed by atoms with Crippen molar-refractivity contribution in [3.05, 3.63) is 61.7 Å². The van der Waals surface area contributed by atoms with E-state index in [1.165, 1.54) is 22.4 Å². The maximum absolute atomic E-state index is 15.1. The molecule has 1 aliphatic carbocycles. The largest absolute Gasteiger partial charge is 0.458 e. The van der Waals surface area contributed by atoms with Crippen molar-refractivity contribution in [3.8, 4) is 11.4 Å². The van der Waals surface area contributed by atoms with Crippen molar-refractivity contribution in [1.82, 2.24) is 14.9 Å². The van der Waals surface area contributed by atoms with Gasteiger partial charge in [0.05, 0.1) is 47.2 Å². The summed E-state index contributed by atoms with van der Waals surface area (Å²) in [5.74, 6) is -1.49. The number of carbonyl (C=O) groups is 3. The van der Waals surface area contributed by atoms with Gasteiger partial charge in [0.15, 0.2) is 11.4 Å². The van der Waals surface area contributed by atoms with Crippen LogP contribution in [0.5, 0.6) is 0 Å². The number of esters is 1. The lowest BCUT2D eigenvalue weighted by Crippen LogP contribution is -2.44. The van der Waals surface area contributed by atoms with Crippen LogP contribution >= 0.6 is 11.8 Å². The number of aryl methyl sites for hydroxylation is 1. The Hall–Kier alpha value is -3.57. The van der Waals surface area contributed by atoms with Gasteiger partial charge in [0, 0.05) is 22.6 Å². The summed E-state index contributed by atoms with van der Waals surface area (Å²) in [6, 6.07) is 2.51. The van der Waals surface area contributed by atoms with Gasteiger partial charge in [-0.15, -0.1) is 0 Å². The van der Waals surface area contributed by atoms with Crippen molar-refractivity contribution in [2.24, 2.45) is 0 Å². The lowest BCUT2D eigenvalue weighted by Gasteiger charge is -2.31. The SMILES string of the molecule is CC[C@@]1(O)C(=O)OCc2c1cc1n(c2=O)Cc2c-1nc1cc(F)c(C)c3c1c2[C@@H](NC(=O)CC(=O)CSC(C)C)CC3. The van der Waals surface area contributed by atoms with Crippen molar-refractivity contribution in [3.63, 3.8) is 0 Å². The van der Waals surface area contributed by atoms with E-state index < -0.39 is 29.0 Å². The Bertz CT molecular complexity index is 1770. The summed E-state index contributed by atoms with van der Waals surface area (Å²) in [6.07, 6.45) is 0.780. The van der Waals surface area contributed by atoms with Crippen molar-refractivity contribution in [2.75, 3.05) is 5.75 Å². The van der Waals surface area contributed by atoms with Crippen LogP contribution in [0, 0.1) is 12.7 Å². The third-order valence-electron chi connectivity index (χ3n) is 8.65. The Kier molecular flexibility index (Phi) is 7.00. The number of ether oxygens (including phenoxy) is 1. The summed E-state index contributed by atoms with van der Waals surface area (Å²) in [4.78, 5) is 56.6. The van der Waals surface area contributed by atoms with Gasteiger partial charge in [-0.3, -0.25) is 14.4 Å². The smallest absolute Gasteiger partial charge is 0.343 e. The predicted octanol–water partition coefficient (Wildman–Crippen LogP) is 3.73. The second-order valence-corrected chi connectivity index (χ2v) is 13.1. The molecule has 1 aromatic carbocycles. The minimum absolute atomic E-state index is 0.0152. The van der Waals surface area contributed by atoms with Crippen LogP contribution in [0.25, 0.3) is 22.3 Å². The van der Waals surface area contributed by atoms with Gasteiger partial charge >= 0.3 is 5.97 Å². The molecule has 0 bridgehead atoms. The van der Waals surface area contributed by atoms with Crippen LogP contribution in [-0.4, -0.2) is 43.3 Å². The maximum Gasteiger partial charge on any atom is 0.343 e. The molecule has 4 heterocycles. The number of rotatable bonds is 7. The lowest BCUT2D eigenvalue weighted by atomic mass is 9.81. The van der Waals surface area contributed by atoms with E-state index >= 15 is 4.39 Å². The normalized spacial score (nSPS) is 20.3. The van der Waals surface area contributed by atoms with Gasteiger partial charge < -0.3 is 19.7 Å². The summed E-state index contributed by atoms with van der Waals surface area (Å²) in [6.45, 7) is 7.25. The number of fused-ring (bicyclic) bond motifs is 5. The fraction of sp³-hybridized carbons (Fsp3) is 0.452. The van der Waals surface area contributed by atoms with Gasteiger partial charge in [-0.25, -0.2) is 14.2 Å². The predicted molar refractivity (Wildman–Crippen MR) is 156 cm³/mol. The fourth-order valence-corrected chi connectivity index (χ4v) is 7.06. The molecule has 42 heavy (non-hydrogen) atoms. The summed E-state index contributed by atoms with van der Waals surface area (Å²) in [5, 5.41) is 15.3. The van der Waals surface area contributed by atoms with Gasteiger partial charge in [0.1, 0.15) is 12.4 Å². The Balaban J connectivity index is 1.49. The van der Waals surface area contributed by atoms with E-state index in [1.807, 2.05) is 13.8 Å². The van der Waals surface area contributed by atoms with Gasteiger partial charge in [-0.05, 0) is 54.2 Å². The molecule has 11 heteroatoms. The van der Waals surface area contributed by atoms with Crippen LogP contribution in [0.4, 0.5) is 4.39 Å². The first-order valence-electron chi connectivity index (χ1n) is 14.2. The lowest BCUT2D eigenvalue weighted by molar-refractivity contribution is -0.172. The zero-order chi connectivity index (χ0) is 30.1. The standard InChI is InChI=1S/C31H32FN3O6S/c1-5-31(40)20-9-24-28-18(11-35(24)29(38)19(20)12-41-30(31)39)27-22(33-25(37)8-16(36)13-42-14(2)3)7-6-17-15(4)21(32)10-23(34-28)26(17)27/h9-10,14,22,40H,5-8,11-13H2,1-4H3,(H,33,37)/t22-,31-/m0/s1. The number of amides is 1. The van der Waals surface area contributed by atoms with Crippen LogP contribution in [0.2, 0.25) is 0 Å². The molecule has 0 saturated heterocycles. The van der Waals surface area contributed by atoms with Gasteiger partial charge in [0.25, 0.3) is 5.56 Å². The van der Waals surface area contributed by atoms with Gasteiger partial charge in [0.2, 0.25) is 5.91 Å². The minimum atomic E-state index is -1.97. The zero-order valence-corrected chi connectivity index (χ0v) is 24.7. The Morgan fingerprint density at radius 2 is 2.02 bits per heavy atom. The van der Waals surface area contributed by atoms with E-state index in [4.69, 9.17) is 9.72 Å². The highest BCUT2D eigenvalue weighted by molar-refractivity contribution is 8.00. The number of thioether (sulfide) groups is 1. The molecule has 0 saturated carbocycles. The van der Waals surface area contributed by atoms with E-state index in [1.54, 1.807) is 19.9 Å². The molecule has 3 aliphatic rings. The average Bonchev–Trinajstić information content (AvgIpc) is 3.32. The molecule has 2 N–H and O–H groups in total. The molecule has 3 aromatic rings. The molecule has 2 aromatic heterocycles. The molecule has 1 amide bonds. The molecule has 2 atom stereocenters. The number of halogens is 1. The number of benzene rings is 1. The number of nitrogens with one attached hydrogen (secondary N) is 1. The van der Waals surface area contributed by atoms with Crippen LogP contribution in [-0.2, 0) is 44.3 Å². The molecule has 0 fully saturated rings. The fourth-order valence-electron chi connectivity index (χ4n) is 6.43. The average molecular weight is 594 g/mol. The first kappa shape index (κ1) is 28.5.